The quantitative estimate of drug-likeness (QED) is 0.779. The Morgan fingerprint density at radius 2 is 2.00 bits per heavy atom. The van der Waals surface area contributed by atoms with E-state index < -0.39 is 16.3 Å². The molecule has 1 atom stereocenters. The molecule has 1 unspecified atom stereocenters. The van der Waals surface area contributed by atoms with E-state index in [2.05, 4.69) is 19.6 Å². The third-order valence-electron chi connectivity index (χ3n) is 2.11. The van der Waals surface area contributed by atoms with Gasteiger partial charge in [0.1, 0.15) is 6.04 Å². The van der Waals surface area contributed by atoms with Crippen LogP contribution in [0.25, 0.3) is 0 Å². The summed E-state index contributed by atoms with van der Waals surface area (Å²) >= 11 is 0. The molecule has 2 N–H and O–H groups in total. The van der Waals surface area contributed by atoms with Crippen molar-refractivity contribution in [1.82, 2.24) is 19.6 Å². The molecule has 0 saturated heterocycles. The molecular weight excluding hydrogens is 244 g/mol. The fourth-order valence-corrected chi connectivity index (χ4v) is 2.06. The lowest BCUT2D eigenvalue weighted by Crippen LogP contribution is -2.37. The molecule has 0 bridgehead atoms. The lowest BCUT2D eigenvalue weighted by atomic mass is 10.0. The van der Waals surface area contributed by atoms with E-state index in [-0.39, 0.29) is 5.89 Å². The van der Waals surface area contributed by atoms with Gasteiger partial charge in [-0.2, -0.15) is 13.1 Å². The highest BCUT2D eigenvalue weighted by atomic mass is 32.2. The second-order valence-electron chi connectivity index (χ2n) is 4.17. The highest BCUT2D eigenvalue weighted by Crippen LogP contribution is 2.20. The first-order valence-corrected chi connectivity index (χ1v) is 6.83. The van der Waals surface area contributed by atoms with Gasteiger partial charge in [-0.15, -0.1) is 10.2 Å². The number of aryl methyl sites for hydroxylation is 1. The summed E-state index contributed by atoms with van der Waals surface area (Å²) < 4.78 is 32.8. The topological polar surface area (TPSA) is 97.1 Å². The van der Waals surface area contributed by atoms with Crippen molar-refractivity contribution in [3.63, 3.8) is 0 Å². The molecule has 0 saturated carbocycles. The van der Waals surface area contributed by atoms with E-state index in [4.69, 9.17) is 4.42 Å². The second-order valence-corrected chi connectivity index (χ2v) is 5.82. The minimum Gasteiger partial charge on any atom is -0.424 e. The van der Waals surface area contributed by atoms with Crippen LogP contribution in [0.1, 0.15) is 38.1 Å². The van der Waals surface area contributed by atoms with E-state index >= 15 is 0 Å². The van der Waals surface area contributed by atoms with Gasteiger partial charge in [0.05, 0.1) is 0 Å². The van der Waals surface area contributed by atoms with Crippen molar-refractivity contribution < 1.29 is 12.8 Å². The maximum Gasteiger partial charge on any atom is 0.277 e. The summed E-state index contributed by atoms with van der Waals surface area (Å²) in [4.78, 5) is 0. The molecule has 8 heteroatoms. The fraction of sp³-hybridized carbons (Fsp3) is 0.778. The average Bonchev–Trinajstić information content (AvgIpc) is 2.63. The standard InChI is InChI=1S/C9H18N4O3S/c1-6(2)5-8(13-17(14,15)10-4)9-12-11-7(3)16-9/h6,8,10,13H,5H2,1-4H3. The average molecular weight is 262 g/mol. The van der Waals surface area contributed by atoms with Gasteiger partial charge >= 0.3 is 0 Å². The van der Waals surface area contributed by atoms with Gasteiger partial charge < -0.3 is 4.42 Å². The highest BCUT2D eigenvalue weighted by Gasteiger charge is 2.23. The predicted molar refractivity (Wildman–Crippen MR) is 62.3 cm³/mol. The maximum absolute atomic E-state index is 11.5. The molecule has 1 heterocycles. The first-order chi connectivity index (χ1) is 7.84. The van der Waals surface area contributed by atoms with Gasteiger partial charge in [0.25, 0.3) is 10.2 Å². The molecule has 0 fully saturated rings. The van der Waals surface area contributed by atoms with E-state index in [1.165, 1.54) is 7.05 Å². The van der Waals surface area contributed by atoms with E-state index in [1.54, 1.807) is 6.92 Å². The normalized spacial score (nSPS) is 14.2. The first kappa shape index (κ1) is 14.1. The van der Waals surface area contributed by atoms with Crippen LogP contribution < -0.4 is 9.44 Å². The molecule has 1 rings (SSSR count). The number of hydrogen-bond donors (Lipinski definition) is 2. The molecule has 98 valence electrons. The third-order valence-corrected chi connectivity index (χ3v) is 3.25. The van der Waals surface area contributed by atoms with Crippen LogP contribution in [0.2, 0.25) is 0 Å². The summed E-state index contributed by atoms with van der Waals surface area (Å²) in [5, 5.41) is 7.54. The van der Waals surface area contributed by atoms with Crippen LogP contribution in [0, 0.1) is 12.8 Å². The van der Waals surface area contributed by atoms with Gasteiger partial charge in [-0.05, 0) is 12.3 Å². The van der Waals surface area contributed by atoms with Gasteiger partial charge in [0.15, 0.2) is 0 Å². The minimum atomic E-state index is -3.53. The molecular formula is C9H18N4O3S. The van der Waals surface area contributed by atoms with Crippen molar-refractivity contribution in [2.45, 2.75) is 33.2 Å². The van der Waals surface area contributed by atoms with Gasteiger partial charge in [-0.3, -0.25) is 0 Å². The molecule has 1 aromatic rings. The molecule has 0 aliphatic heterocycles. The van der Waals surface area contributed by atoms with E-state index in [0.717, 1.165) is 0 Å². The summed E-state index contributed by atoms with van der Waals surface area (Å²) in [6.45, 7) is 5.64. The van der Waals surface area contributed by atoms with Crippen LogP contribution in [0.15, 0.2) is 4.42 Å². The van der Waals surface area contributed by atoms with Crippen LogP contribution in [-0.4, -0.2) is 25.7 Å². The van der Waals surface area contributed by atoms with Crippen molar-refractivity contribution in [1.29, 1.82) is 0 Å². The summed E-state index contributed by atoms with van der Waals surface area (Å²) in [6.07, 6.45) is 0.586. The Hall–Kier alpha value is -0.990. The molecule has 0 aliphatic carbocycles. The zero-order valence-corrected chi connectivity index (χ0v) is 11.2. The number of hydrogen-bond acceptors (Lipinski definition) is 5. The van der Waals surface area contributed by atoms with E-state index in [1.807, 2.05) is 13.8 Å². The van der Waals surface area contributed by atoms with Crippen LogP contribution in [0.5, 0.6) is 0 Å². The Kier molecular flexibility index (Phi) is 4.61. The lowest BCUT2D eigenvalue weighted by Gasteiger charge is -2.16. The SMILES string of the molecule is CNS(=O)(=O)NC(CC(C)C)c1nnc(C)o1. The van der Waals surface area contributed by atoms with Gasteiger partial charge in [0.2, 0.25) is 11.8 Å². The van der Waals surface area contributed by atoms with Gasteiger partial charge in [-0.25, -0.2) is 4.72 Å². The van der Waals surface area contributed by atoms with E-state index in [9.17, 15) is 8.42 Å². The maximum atomic E-state index is 11.5. The molecule has 0 aliphatic rings. The first-order valence-electron chi connectivity index (χ1n) is 5.35. The third kappa shape index (κ3) is 4.41. The predicted octanol–water partition coefficient (Wildman–Crippen LogP) is 0.519. The molecule has 7 nitrogen and oxygen atoms in total. The molecule has 0 radical (unpaired) electrons. The van der Waals surface area contributed by atoms with Gasteiger partial charge in [0, 0.05) is 14.0 Å². The zero-order chi connectivity index (χ0) is 13.1. The van der Waals surface area contributed by atoms with Crippen LogP contribution >= 0.6 is 0 Å². The lowest BCUT2D eigenvalue weighted by molar-refractivity contribution is 0.371. The number of nitrogens with one attached hydrogen (secondary N) is 2. The summed E-state index contributed by atoms with van der Waals surface area (Å²) in [6, 6.07) is -0.506. The largest absolute Gasteiger partial charge is 0.424 e. The van der Waals surface area contributed by atoms with Crippen molar-refractivity contribution in [2.24, 2.45) is 5.92 Å². The summed E-state index contributed by atoms with van der Waals surface area (Å²) in [7, 11) is -2.19. The molecule has 0 spiro atoms. The Balaban J connectivity index is 2.88. The number of nitrogens with zero attached hydrogens (tertiary/aromatic N) is 2. The van der Waals surface area contributed by atoms with Crippen LogP contribution in [-0.2, 0) is 10.2 Å². The van der Waals surface area contributed by atoms with Gasteiger partial charge in [-0.1, -0.05) is 13.8 Å². The summed E-state index contributed by atoms with van der Waals surface area (Å²) in [5.41, 5.74) is 0. The Morgan fingerprint density at radius 3 is 2.41 bits per heavy atom. The Bertz CT molecular complexity index is 455. The second kappa shape index (κ2) is 5.56. The van der Waals surface area contributed by atoms with Crippen LogP contribution in [0.3, 0.4) is 0 Å². The van der Waals surface area contributed by atoms with Crippen molar-refractivity contribution in [2.75, 3.05) is 7.05 Å². The molecule has 0 aromatic carbocycles. The van der Waals surface area contributed by atoms with Crippen molar-refractivity contribution in [3.05, 3.63) is 11.8 Å². The molecule has 17 heavy (non-hydrogen) atoms. The Morgan fingerprint density at radius 1 is 1.35 bits per heavy atom. The zero-order valence-electron chi connectivity index (χ0n) is 10.4. The molecule has 0 amide bonds. The van der Waals surface area contributed by atoms with Crippen molar-refractivity contribution in [3.8, 4) is 0 Å². The van der Waals surface area contributed by atoms with Crippen molar-refractivity contribution >= 4 is 10.2 Å². The van der Waals surface area contributed by atoms with Crippen LogP contribution in [0.4, 0.5) is 0 Å². The fourth-order valence-electron chi connectivity index (χ4n) is 1.37. The molecule has 1 aromatic heterocycles. The number of aromatic nitrogens is 2. The minimum absolute atomic E-state index is 0.287. The monoisotopic (exact) mass is 262 g/mol. The van der Waals surface area contributed by atoms with E-state index in [0.29, 0.717) is 18.2 Å². The summed E-state index contributed by atoms with van der Waals surface area (Å²) in [5.74, 6) is 0.999. The highest BCUT2D eigenvalue weighted by molar-refractivity contribution is 7.87. The number of rotatable bonds is 6. The smallest absolute Gasteiger partial charge is 0.277 e. The Labute approximate surface area is 101 Å².